The van der Waals surface area contributed by atoms with Crippen LogP contribution in [0.2, 0.25) is 0 Å². The molecular formula is C22H35BrO. The summed E-state index contributed by atoms with van der Waals surface area (Å²) in [5, 5.41) is 0. The zero-order valence-electron chi connectivity index (χ0n) is 15.4. The van der Waals surface area contributed by atoms with Crippen molar-refractivity contribution in [3.63, 3.8) is 0 Å². The molecule has 0 aromatic heterocycles. The molecule has 0 saturated carbocycles. The van der Waals surface area contributed by atoms with Crippen molar-refractivity contribution in [1.82, 2.24) is 0 Å². The molecule has 1 aromatic rings. The molecule has 0 aliphatic heterocycles. The first-order valence-corrected chi connectivity index (χ1v) is 10.9. The molecule has 24 heavy (non-hydrogen) atoms. The number of halogens is 1. The first kappa shape index (κ1) is 21.4. The van der Waals surface area contributed by atoms with Gasteiger partial charge in [0.2, 0.25) is 0 Å². The number of carbonyl (C=O) groups excluding carboxylic acids is 1. The van der Waals surface area contributed by atoms with Crippen LogP contribution >= 0.6 is 15.9 Å². The number of benzene rings is 1. The van der Waals surface area contributed by atoms with Crippen LogP contribution in [0.5, 0.6) is 0 Å². The van der Waals surface area contributed by atoms with E-state index in [-0.39, 0.29) is 10.6 Å². The van der Waals surface area contributed by atoms with Crippen LogP contribution < -0.4 is 0 Å². The molecule has 0 heterocycles. The van der Waals surface area contributed by atoms with Crippen LogP contribution in [0.4, 0.5) is 0 Å². The Morgan fingerprint density at radius 1 is 0.792 bits per heavy atom. The number of hydrogen-bond donors (Lipinski definition) is 0. The standard InChI is InChI=1S/C22H35BrO/c1-2-3-4-5-6-7-8-9-10-11-12-16-19-21(23)22(24)20-17-14-13-15-18-20/h13-15,17-18,21H,2-12,16,19H2,1H3/t21-/m0/s1. The quantitative estimate of drug-likeness (QED) is 0.169. The second-order valence-electron chi connectivity index (χ2n) is 6.88. The summed E-state index contributed by atoms with van der Waals surface area (Å²) in [5.74, 6) is 0.221. The zero-order chi connectivity index (χ0) is 17.5. The topological polar surface area (TPSA) is 17.1 Å². The minimum Gasteiger partial charge on any atom is -0.293 e. The zero-order valence-corrected chi connectivity index (χ0v) is 17.0. The van der Waals surface area contributed by atoms with Crippen LogP contribution in [0.3, 0.4) is 0 Å². The normalized spacial score (nSPS) is 12.2. The van der Waals surface area contributed by atoms with Gasteiger partial charge in [-0.2, -0.15) is 0 Å². The summed E-state index contributed by atoms with van der Waals surface area (Å²) in [6.45, 7) is 2.27. The minimum atomic E-state index is -0.0250. The van der Waals surface area contributed by atoms with E-state index in [4.69, 9.17) is 0 Å². The molecule has 0 amide bonds. The second-order valence-corrected chi connectivity index (χ2v) is 7.98. The van der Waals surface area contributed by atoms with Gasteiger partial charge in [0, 0.05) is 5.56 Å². The third kappa shape index (κ3) is 10.3. The maximum absolute atomic E-state index is 12.2. The van der Waals surface area contributed by atoms with Crippen LogP contribution in [0.25, 0.3) is 0 Å². The molecule has 136 valence electrons. The molecule has 0 aliphatic carbocycles. The summed E-state index contributed by atoms with van der Waals surface area (Å²) in [5.41, 5.74) is 0.818. The Morgan fingerprint density at radius 3 is 1.75 bits per heavy atom. The van der Waals surface area contributed by atoms with Gasteiger partial charge in [-0.05, 0) is 6.42 Å². The molecule has 0 spiro atoms. The summed E-state index contributed by atoms with van der Waals surface area (Å²) >= 11 is 3.56. The predicted molar refractivity (Wildman–Crippen MR) is 109 cm³/mol. The van der Waals surface area contributed by atoms with Crippen LogP contribution in [0.1, 0.15) is 101 Å². The maximum Gasteiger partial charge on any atom is 0.176 e. The van der Waals surface area contributed by atoms with Crippen LogP contribution in [-0.4, -0.2) is 10.6 Å². The van der Waals surface area contributed by atoms with Crippen molar-refractivity contribution in [3.05, 3.63) is 35.9 Å². The highest BCUT2D eigenvalue weighted by molar-refractivity contribution is 9.10. The van der Waals surface area contributed by atoms with Gasteiger partial charge in [-0.15, -0.1) is 0 Å². The van der Waals surface area contributed by atoms with E-state index in [1.807, 2.05) is 30.3 Å². The van der Waals surface area contributed by atoms with E-state index in [1.165, 1.54) is 70.6 Å². The third-order valence-corrected chi connectivity index (χ3v) is 5.53. The highest BCUT2D eigenvalue weighted by Crippen LogP contribution is 2.18. The first-order chi connectivity index (χ1) is 11.8. The highest BCUT2D eigenvalue weighted by Gasteiger charge is 2.15. The van der Waals surface area contributed by atoms with E-state index in [0.717, 1.165) is 18.4 Å². The fraction of sp³-hybridized carbons (Fsp3) is 0.682. The van der Waals surface area contributed by atoms with Crippen LogP contribution in [0.15, 0.2) is 30.3 Å². The van der Waals surface area contributed by atoms with Crippen molar-refractivity contribution in [2.45, 2.75) is 95.2 Å². The van der Waals surface area contributed by atoms with Gasteiger partial charge >= 0.3 is 0 Å². The predicted octanol–water partition coefficient (Wildman–Crippen LogP) is 7.72. The molecule has 1 rings (SSSR count). The van der Waals surface area contributed by atoms with Crippen molar-refractivity contribution < 1.29 is 4.79 Å². The summed E-state index contributed by atoms with van der Waals surface area (Å²) in [7, 11) is 0. The molecule has 0 bridgehead atoms. The maximum atomic E-state index is 12.2. The number of hydrogen-bond acceptors (Lipinski definition) is 1. The lowest BCUT2D eigenvalue weighted by Gasteiger charge is -2.09. The van der Waals surface area contributed by atoms with Crippen molar-refractivity contribution in [1.29, 1.82) is 0 Å². The monoisotopic (exact) mass is 394 g/mol. The summed E-state index contributed by atoms with van der Waals surface area (Å²) in [6.07, 6.45) is 17.2. The summed E-state index contributed by atoms with van der Waals surface area (Å²) in [6, 6.07) is 9.61. The van der Waals surface area contributed by atoms with E-state index in [9.17, 15) is 4.79 Å². The van der Waals surface area contributed by atoms with E-state index in [0.29, 0.717) is 0 Å². The molecule has 2 heteroatoms. The van der Waals surface area contributed by atoms with Gasteiger partial charge in [-0.25, -0.2) is 0 Å². The van der Waals surface area contributed by atoms with Gasteiger partial charge in [0.15, 0.2) is 5.78 Å². The van der Waals surface area contributed by atoms with Crippen molar-refractivity contribution in [3.8, 4) is 0 Å². The molecule has 0 aliphatic rings. The van der Waals surface area contributed by atoms with Crippen molar-refractivity contribution in [2.24, 2.45) is 0 Å². The average Bonchev–Trinajstić information content (AvgIpc) is 2.62. The summed E-state index contributed by atoms with van der Waals surface area (Å²) < 4.78 is 0. The van der Waals surface area contributed by atoms with Crippen molar-refractivity contribution >= 4 is 21.7 Å². The Kier molecular flexibility index (Phi) is 13.1. The molecular weight excluding hydrogens is 360 g/mol. The first-order valence-electron chi connectivity index (χ1n) is 9.99. The lowest BCUT2D eigenvalue weighted by Crippen LogP contribution is -2.13. The Labute approximate surface area is 157 Å². The molecule has 1 atom stereocenters. The van der Waals surface area contributed by atoms with Gasteiger partial charge in [0.25, 0.3) is 0 Å². The molecule has 0 fully saturated rings. The van der Waals surface area contributed by atoms with Gasteiger partial charge in [0.1, 0.15) is 0 Å². The fourth-order valence-electron chi connectivity index (χ4n) is 3.08. The average molecular weight is 395 g/mol. The highest BCUT2D eigenvalue weighted by atomic mass is 79.9. The largest absolute Gasteiger partial charge is 0.293 e. The number of ketones is 1. The third-order valence-electron chi connectivity index (χ3n) is 4.65. The summed E-state index contributed by atoms with van der Waals surface area (Å²) in [4.78, 5) is 12.2. The van der Waals surface area contributed by atoms with E-state index in [2.05, 4.69) is 22.9 Å². The van der Waals surface area contributed by atoms with Gasteiger partial charge in [0.05, 0.1) is 4.83 Å². The molecule has 1 aromatic carbocycles. The Morgan fingerprint density at radius 2 is 1.25 bits per heavy atom. The van der Waals surface area contributed by atoms with Crippen LogP contribution in [-0.2, 0) is 0 Å². The SMILES string of the molecule is CCCCCCCCCCCCCC[C@H](Br)C(=O)c1ccccc1. The van der Waals surface area contributed by atoms with Gasteiger partial charge < -0.3 is 0 Å². The molecule has 1 nitrogen and oxygen atoms in total. The van der Waals surface area contributed by atoms with E-state index in [1.54, 1.807) is 0 Å². The minimum absolute atomic E-state index is 0.0250. The Balaban J connectivity index is 1.92. The molecule has 0 saturated heterocycles. The molecule has 0 unspecified atom stereocenters. The van der Waals surface area contributed by atoms with Gasteiger partial charge in [-0.3, -0.25) is 4.79 Å². The van der Waals surface area contributed by atoms with Crippen LogP contribution in [0, 0.1) is 0 Å². The number of unbranched alkanes of at least 4 members (excludes halogenated alkanes) is 11. The fourth-order valence-corrected chi connectivity index (χ4v) is 3.67. The molecule has 0 N–H and O–H groups in total. The lowest BCUT2D eigenvalue weighted by atomic mass is 10.0. The number of rotatable bonds is 15. The number of alkyl halides is 1. The van der Waals surface area contributed by atoms with E-state index < -0.39 is 0 Å². The van der Waals surface area contributed by atoms with E-state index >= 15 is 0 Å². The molecule has 0 radical (unpaired) electrons. The van der Waals surface area contributed by atoms with Gasteiger partial charge in [-0.1, -0.05) is 130 Å². The Bertz CT molecular complexity index is 415. The number of carbonyl (C=O) groups is 1. The number of Topliss-reactive ketones (excluding diaryl/α,β-unsaturated/α-hetero) is 1. The lowest BCUT2D eigenvalue weighted by molar-refractivity contribution is 0.0988. The van der Waals surface area contributed by atoms with Crippen molar-refractivity contribution in [2.75, 3.05) is 0 Å². The Hall–Kier alpha value is -0.630. The smallest absolute Gasteiger partial charge is 0.176 e. The second kappa shape index (κ2) is 14.7.